The van der Waals surface area contributed by atoms with Crippen LogP contribution in [0.1, 0.15) is 99.9 Å². The van der Waals surface area contributed by atoms with Crippen molar-refractivity contribution in [3.8, 4) is 0 Å². The molecular weight excluding hydrogens is 1610 g/mol. The SMILES string of the molecule is C.C.C.C.C.C.CCO[Si](OCC)(OCC)O[Si](OCC)(OCC)O[Si](OCC)(OCC)OCC.CO[Si](C)(CCOCC1CO1)O[Si](OC)(OC)O[Si](C)(OC)O[Si](C)(OC)C1CO1.CO[Si](C)(OC)O[Si](C)(OC)O[Si](C)(OC)OC.CO[Si](OC)(OC)O[Si](OC)(OC)O[Si](OC)(OC)OC. The van der Waals surface area contributed by atoms with Crippen LogP contribution < -0.4 is 0 Å². The van der Waals surface area contributed by atoms with Gasteiger partial charge in [0.2, 0.25) is 0 Å². The normalized spacial score (nSPS) is 16.7. The molecule has 5 atom stereocenters. The molecule has 2 fully saturated rings. The summed E-state index contributed by atoms with van der Waals surface area (Å²) in [6.07, 6.45) is 0.205. The topological polar surface area (TPSA) is 357 Å². The third kappa shape index (κ3) is 41.6. The molecule has 0 radical (unpaired) electrons. The van der Waals surface area contributed by atoms with Crippen LogP contribution in [0.5, 0.6) is 0 Å². The van der Waals surface area contributed by atoms with Crippen LogP contribution in [-0.4, -0.2) is 335 Å². The van der Waals surface area contributed by atoms with Gasteiger partial charge in [-0.05, 0) is 68.5 Å². The Bertz CT molecular complexity index is 1870. The summed E-state index contributed by atoms with van der Waals surface area (Å²) in [5, 5.41) is 0. The van der Waals surface area contributed by atoms with Crippen LogP contribution in [0.25, 0.3) is 0 Å². The Kier molecular flexibility index (Phi) is 69.7. The monoisotopic (exact) mass is 1760 g/mol. The summed E-state index contributed by atoms with van der Waals surface area (Å²) in [5.41, 5.74) is -0.0682. The quantitative estimate of drug-likeness (QED) is 0.0320. The summed E-state index contributed by atoms with van der Waals surface area (Å²) in [7, 11) is -16.5. The molecule has 0 N–H and O–H groups in total. The molecule has 0 bridgehead atoms. The van der Waals surface area contributed by atoms with Crippen molar-refractivity contribution >= 4 is 116 Å². The van der Waals surface area contributed by atoms with Crippen LogP contribution in [0.3, 0.4) is 0 Å². The lowest BCUT2D eigenvalue weighted by molar-refractivity contribution is -0.0762. The third-order valence-electron chi connectivity index (χ3n) is 13.2. The van der Waals surface area contributed by atoms with E-state index in [0.717, 1.165) is 6.61 Å². The van der Waals surface area contributed by atoms with Gasteiger partial charge in [0.05, 0.1) is 19.8 Å². The second kappa shape index (κ2) is 59.9. The molecule has 2 heterocycles. The molecule has 51 heteroatoms. The van der Waals surface area contributed by atoms with Crippen LogP contribution in [0, 0.1) is 0 Å². The fraction of sp³-hybridized carbons (Fsp3) is 1.00. The zero-order valence-corrected chi connectivity index (χ0v) is 77.4. The fourth-order valence-electron chi connectivity index (χ4n) is 7.42. The molecule has 0 aliphatic carbocycles. The van der Waals surface area contributed by atoms with Gasteiger partial charge in [0.1, 0.15) is 11.8 Å². The molecule has 0 amide bonds. The highest BCUT2D eigenvalue weighted by Gasteiger charge is 2.67. The van der Waals surface area contributed by atoms with Crippen molar-refractivity contribution in [2.24, 2.45) is 0 Å². The Morgan fingerprint density at radius 3 is 0.750 bits per heavy atom. The molecule has 0 aromatic carbocycles. The molecule has 0 aromatic heterocycles. The van der Waals surface area contributed by atoms with Crippen molar-refractivity contribution in [1.29, 1.82) is 0 Å². The summed E-state index contributed by atoms with van der Waals surface area (Å²) in [6, 6.07) is 0.563. The van der Waals surface area contributed by atoms with Crippen molar-refractivity contribution in [1.82, 2.24) is 0 Å². The lowest BCUT2D eigenvalue weighted by atomic mass is 10.5. The lowest BCUT2D eigenvalue weighted by Crippen LogP contribution is -2.67. The van der Waals surface area contributed by atoms with E-state index >= 15 is 0 Å². The van der Waals surface area contributed by atoms with Crippen molar-refractivity contribution < 1.29 is 166 Å². The molecular formula is C53H148O38Si13. The van der Waals surface area contributed by atoms with E-state index < -0.39 is 116 Å². The molecule has 2 rings (SSSR count). The highest BCUT2D eigenvalue weighted by molar-refractivity contribution is 6.84. The highest BCUT2D eigenvalue weighted by Crippen LogP contribution is 2.33. The van der Waals surface area contributed by atoms with Gasteiger partial charge < -0.3 is 166 Å². The van der Waals surface area contributed by atoms with Crippen LogP contribution >= 0.6 is 0 Å². The number of ether oxygens (including phenoxy) is 3. The van der Waals surface area contributed by atoms with E-state index in [1.165, 1.54) is 114 Å². The maximum absolute atomic E-state index is 6.31. The molecule has 2 aliphatic rings. The molecule has 38 nitrogen and oxygen atoms in total. The van der Waals surface area contributed by atoms with Gasteiger partial charge in [-0.25, -0.2) is 0 Å². The second-order valence-electron chi connectivity index (χ2n) is 19.8. The summed E-state index contributed by atoms with van der Waals surface area (Å²) >= 11 is 0. The Labute approximate surface area is 642 Å². The predicted octanol–water partition coefficient (Wildman–Crippen LogP) is 7.66. The van der Waals surface area contributed by atoms with Crippen molar-refractivity contribution in [3.05, 3.63) is 0 Å². The van der Waals surface area contributed by atoms with Crippen molar-refractivity contribution in [2.45, 2.75) is 157 Å². The average Bonchev–Trinajstić information content (AvgIpc) is 1.77. The molecule has 0 aromatic rings. The maximum atomic E-state index is 6.31. The second-order valence-corrected chi connectivity index (χ2v) is 56.1. The Hall–Kier alpha value is 1.30. The molecule has 0 saturated carbocycles. The number of hydrogen-bond donors (Lipinski definition) is 0. The van der Waals surface area contributed by atoms with E-state index in [4.69, 9.17) is 166 Å². The lowest BCUT2D eigenvalue weighted by Gasteiger charge is -2.40. The molecule has 104 heavy (non-hydrogen) atoms. The van der Waals surface area contributed by atoms with Gasteiger partial charge in [-0.3, -0.25) is 0 Å². The number of epoxide rings is 2. The van der Waals surface area contributed by atoms with E-state index in [1.807, 2.05) is 68.5 Å². The minimum absolute atomic E-state index is 0. The molecule has 5 unspecified atom stereocenters. The van der Waals surface area contributed by atoms with Crippen LogP contribution in [0.15, 0.2) is 0 Å². The Balaban J connectivity index is -0.000000197. The predicted molar refractivity (Wildman–Crippen MR) is 414 cm³/mol. The minimum atomic E-state index is -3.92. The van der Waals surface area contributed by atoms with Crippen LogP contribution in [-0.2, 0) is 166 Å². The number of rotatable bonds is 58. The number of hydrogen-bond acceptors (Lipinski definition) is 38. The zero-order valence-electron chi connectivity index (χ0n) is 64.4. The van der Waals surface area contributed by atoms with Crippen molar-refractivity contribution in [3.63, 3.8) is 0 Å². The molecule has 0 spiro atoms. The van der Waals surface area contributed by atoms with Gasteiger partial charge in [-0.2, -0.15) is 0 Å². The van der Waals surface area contributed by atoms with E-state index in [0.29, 0.717) is 65.5 Å². The average molecular weight is 1760 g/mol. The van der Waals surface area contributed by atoms with E-state index in [-0.39, 0.29) is 69.6 Å². The third-order valence-corrected chi connectivity index (χ3v) is 54.4. The zero-order chi connectivity index (χ0) is 75.7. The summed E-state index contributed by atoms with van der Waals surface area (Å²) in [5.74, 6) is 0. The van der Waals surface area contributed by atoms with Gasteiger partial charge in [0.15, 0.2) is 0 Å². The highest BCUT2D eigenvalue weighted by atomic mass is 28.5. The largest absolute Gasteiger partial charge is 0.673 e. The van der Waals surface area contributed by atoms with Crippen LogP contribution in [0.2, 0.25) is 45.3 Å². The van der Waals surface area contributed by atoms with E-state index in [1.54, 1.807) is 40.4 Å². The minimum Gasteiger partial charge on any atom is -0.398 e. The van der Waals surface area contributed by atoms with Gasteiger partial charge in [0.25, 0.3) is 0 Å². The van der Waals surface area contributed by atoms with E-state index in [9.17, 15) is 0 Å². The van der Waals surface area contributed by atoms with E-state index in [2.05, 4.69) is 0 Å². The standard InChI is InChI=1S/C16H40O10Si3.C15H36O11Si4.C8H24O10Si3.C8H24O7Si3.6CH4/c1-9-17-27(18-10-2,19-11-3)25-29(23-15-7,24-16-8)26-28(20-12-4,21-13-5)22-14-6;1-16-27(6,10-9-21-11-14-12-22-14)24-30(19-4,20-5)26-29(8,18-3)25-28(7,17-2)15-13-23-15;1-9-19(10-2,11-3)17-21(15-7,16-8)18-20(12-4,13-5)14-6;1-9-16(6,10-2)14-18(8,13-5)15-17(7,11-3)12-4;;;;;;/h9-16H2,1-8H3;14-15H,9-13H2,1-8H3;1-8H3;1-8H3;6*1H4. The van der Waals surface area contributed by atoms with Crippen LogP contribution in [0.4, 0.5) is 0 Å². The summed E-state index contributed by atoms with van der Waals surface area (Å²) in [4.78, 5) is 0. The summed E-state index contributed by atoms with van der Waals surface area (Å²) < 4.78 is 214. The first kappa shape index (κ1) is 121. The van der Waals surface area contributed by atoms with Gasteiger partial charge in [0, 0.05) is 220 Å². The fourth-order valence-corrected chi connectivity index (χ4v) is 45.3. The molecule has 2 aliphatic heterocycles. The molecule has 640 valence electrons. The van der Waals surface area contributed by atoms with Gasteiger partial charge in [-0.15, -0.1) is 0 Å². The van der Waals surface area contributed by atoms with Gasteiger partial charge >= 0.3 is 116 Å². The Morgan fingerprint density at radius 2 is 0.519 bits per heavy atom. The smallest absolute Gasteiger partial charge is 0.398 e. The first-order valence-electron chi connectivity index (χ1n) is 31.3. The molecule has 2 saturated heterocycles. The van der Waals surface area contributed by atoms with Crippen molar-refractivity contribution in [2.75, 3.05) is 207 Å². The first-order valence-corrected chi connectivity index (χ1v) is 56.5. The van der Waals surface area contributed by atoms with Gasteiger partial charge in [-0.1, -0.05) is 44.6 Å². The maximum Gasteiger partial charge on any atom is 0.673 e. The summed E-state index contributed by atoms with van der Waals surface area (Å²) in [6.45, 7) is 30.3. The Morgan fingerprint density at radius 1 is 0.260 bits per heavy atom. The first-order chi connectivity index (χ1) is 46.1.